The molecule has 0 aliphatic carbocycles. The summed E-state index contributed by atoms with van der Waals surface area (Å²) in [5, 5.41) is 11.1. The van der Waals surface area contributed by atoms with E-state index in [2.05, 4.69) is 21.2 Å². The van der Waals surface area contributed by atoms with Crippen LogP contribution in [0.5, 0.6) is 0 Å². The van der Waals surface area contributed by atoms with Gasteiger partial charge >= 0.3 is 0 Å². The molecule has 1 amide bonds. The van der Waals surface area contributed by atoms with Crippen LogP contribution in [0.4, 0.5) is 18.9 Å². The van der Waals surface area contributed by atoms with Gasteiger partial charge in [0.05, 0.1) is 22.9 Å². The lowest BCUT2D eigenvalue weighted by atomic mass is 10.1. The summed E-state index contributed by atoms with van der Waals surface area (Å²) in [5.41, 5.74) is 0.00664. The molecule has 0 radical (unpaired) electrons. The molecule has 3 nitrogen and oxygen atoms in total. The largest absolute Gasteiger partial charge is 0.321 e. The van der Waals surface area contributed by atoms with Gasteiger partial charge in [0.25, 0.3) is 5.91 Å². The Morgan fingerprint density at radius 1 is 1.14 bits per heavy atom. The van der Waals surface area contributed by atoms with Crippen LogP contribution in [0.25, 0.3) is 0 Å². The van der Waals surface area contributed by atoms with Crippen molar-refractivity contribution in [2.45, 2.75) is 0 Å². The van der Waals surface area contributed by atoms with Gasteiger partial charge in [-0.2, -0.15) is 5.26 Å². The van der Waals surface area contributed by atoms with Crippen LogP contribution in [0.15, 0.2) is 34.8 Å². The van der Waals surface area contributed by atoms with Gasteiger partial charge in [0.1, 0.15) is 0 Å². The van der Waals surface area contributed by atoms with Crippen LogP contribution in [0.1, 0.15) is 15.9 Å². The maximum atomic E-state index is 13.5. The van der Waals surface area contributed by atoms with E-state index in [1.165, 1.54) is 18.2 Å². The van der Waals surface area contributed by atoms with E-state index in [1.807, 2.05) is 6.07 Å². The summed E-state index contributed by atoms with van der Waals surface area (Å²) < 4.78 is 39.8. The Morgan fingerprint density at radius 2 is 1.86 bits per heavy atom. The van der Waals surface area contributed by atoms with E-state index in [9.17, 15) is 18.0 Å². The van der Waals surface area contributed by atoms with E-state index < -0.39 is 28.9 Å². The summed E-state index contributed by atoms with van der Waals surface area (Å²) in [5.74, 6) is -5.57. The fourth-order valence-corrected chi connectivity index (χ4v) is 2.05. The fraction of sp³-hybridized carbons (Fsp3) is 0. The van der Waals surface area contributed by atoms with Gasteiger partial charge in [0.15, 0.2) is 17.5 Å². The number of rotatable bonds is 2. The first-order valence-corrected chi connectivity index (χ1v) is 6.38. The van der Waals surface area contributed by atoms with Crippen LogP contribution in [0, 0.1) is 28.8 Å². The summed E-state index contributed by atoms with van der Waals surface area (Å²) in [6, 6.07) is 7.76. The van der Waals surface area contributed by atoms with E-state index >= 15 is 0 Å². The number of nitrogens with one attached hydrogen (secondary N) is 1. The molecule has 7 heteroatoms. The highest BCUT2D eigenvalue weighted by Gasteiger charge is 2.19. The second-order valence-electron chi connectivity index (χ2n) is 3.98. The molecule has 0 atom stereocenters. The summed E-state index contributed by atoms with van der Waals surface area (Å²) in [6.07, 6.45) is 0. The van der Waals surface area contributed by atoms with Crippen molar-refractivity contribution in [2.24, 2.45) is 0 Å². The second-order valence-corrected chi connectivity index (χ2v) is 4.84. The molecule has 0 aliphatic rings. The predicted octanol–water partition coefficient (Wildman–Crippen LogP) is 3.99. The van der Waals surface area contributed by atoms with Gasteiger partial charge in [-0.1, -0.05) is 0 Å². The Balaban J connectivity index is 2.31. The zero-order chi connectivity index (χ0) is 15.6. The number of anilines is 1. The first kappa shape index (κ1) is 15.1. The number of nitriles is 1. The van der Waals surface area contributed by atoms with Crippen LogP contribution in [-0.4, -0.2) is 5.91 Å². The molecular weight excluding hydrogens is 349 g/mol. The summed E-state index contributed by atoms with van der Waals surface area (Å²) >= 11 is 3.14. The molecular formula is C14H6BrF3N2O. The zero-order valence-electron chi connectivity index (χ0n) is 10.3. The minimum absolute atomic E-state index is 0.267. The van der Waals surface area contributed by atoms with Gasteiger partial charge < -0.3 is 5.32 Å². The van der Waals surface area contributed by atoms with Gasteiger partial charge in [-0.3, -0.25) is 4.79 Å². The lowest BCUT2D eigenvalue weighted by molar-refractivity contribution is 0.102. The molecule has 2 rings (SSSR count). The highest BCUT2D eigenvalue weighted by atomic mass is 79.9. The lowest BCUT2D eigenvalue weighted by Gasteiger charge is -2.09. The first-order chi connectivity index (χ1) is 9.93. The Labute approximate surface area is 126 Å². The van der Waals surface area contributed by atoms with Crippen molar-refractivity contribution in [3.63, 3.8) is 0 Å². The Hall–Kier alpha value is -2.33. The molecule has 0 aliphatic heterocycles. The third kappa shape index (κ3) is 3.06. The molecule has 106 valence electrons. The Kier molecular flexibility index (Phi) is 4.29. The third-order valence-corrected chi connectivity index (χ3v) is 3.28. The highest BCUT2D eigenvalue weighted by Crippen LogP contribution is 2.24. The van der Waals surface area contributed by atoms with E-state index in [-0.39, 0.29) is 5.69 Å². The highest BCUT2D eigenvalue weighted by molar-refractivity contribution is 9.10. The maximum Gasteiger partial charge on any atom is 0.258 e. The van der Waals surface area contributed by atoms with Gasteiger partial charge in [0, 0.05) is 4.47 Å². The number of benzene rings is 2. The standard InChI is InChI=1S/C14H6BrF3N2O/c15-9-5-7(6-19)1-4-11(9)20-14(21)8-2-3-10(16)13(18)12(8)17/h1-5H,(H,20,21). The van der Waals surface area contributed by atoms with Crippen molar-refractivity contribution in [2.75, 3.05) is 5.32 Å². The van der Waals surface area contributed by atoms with Crippen LogP contribution in [0.3, 0.4) is 0 Å². The number of hydrogen-bond donors (Lipinski definition) is 1. The first-order valence-electron chi connectivity index (χ1n) is 5.58. The van der Waals surface area contributed by atoms with Crippen molar-refractivity contribution in [3.05, 3.63) is 63.4 Å². The summed E-state index contributed by atoms with van der Waals surface area (Å²) in [4.78, 5) is 11.9. The topological polar surface area (TPSA) is 52.9 Å². The molecule has 0 saturated carbocycles. The smallest absolute Gasteiger partial charge is 0.258 e. The maximum absolute atomic E-state index is 13.5. The van der Waals surface area contributed by atoms with Crippen LogP contribution < -0.4 is 5.32 Å². The molecule has 0 spiro atoms. The monoisotopic (exact) mass is 354 g/mol. The number of hydrogen-bond acceptors (Lipinski definition) is 2. The molecule has 0 fully saturated rings. The second kappa shape index (κ2) is 5.97. The number of halogens is 4. The van der Waals surface area contributed by atoms with Gasteiger partial charge in [-0.05, 0) is 46.3 Å². The minimum atomic E-state index is -1.71. The SMILES string of the molecule is N#Cc1ccc(NC(=O)c2ccc(F)c(F)c2F)c(Br)c1. The van der Waals surface area contributed by atoms with E-state index in [0.29, 0.717) is 16.1 Å². The summed E-state index contributed by atoms with van der Waals surface area (Å²) in [6.45, 7) is 0. The molecule has 0 saturated heterocycles. The molecule has 0 bridgehead atoms. The van der Waals surface area contributed by atoms with E-state index in [1.54, 1.807) is 0 Å². The third-order valence-electron chi connectivity index (χ3n) is 2.63. The van der Waals surface area contributed by atoms with Gasteiger partial charge in [0.2, 0.25) is 0 Å². The van der Waals surface area contributed by atoms with Crippen molar-refractivity contribution in [1.82, 2.24) is 0 Å². The normalized spacial score (nSPS) is 10.0. The molecule has 2 aromatic rings. The Bertz CT molecular complexity index is 772. The molecule has 0 aromatic heterocycles. The Morgan fingerprint density at radius 3 is 2.48 bits per heavy atom. The molecule has 21 heavy (non-hydrogen) atoms. The molecule has 0 unspecified atom stereocenters. The van der Waals surface area contributed by atoms with Crippen molar-refractivity contribution in [1.29, 1.82) is 5.26 Å². The quantitative estimate of drug-likeness (QED) is 0.829. The van der Waals surface area contributed by atoms with Crippen LogP contribution >= 0.6 is 15.9 Å². The number of carbonyl (C=O) groups excluding carboxylic acids is 1. The average molecular weight is 355 g/mol. The van der Waals surface area contributed by atoms with Gasteiger partial charge in [-0.15, -0.1) is 0 Å². The lowest BCUT2D eigenvalue weighted by Crippen LogP contribution is -2.15. The average Bonchev–Trinajstić information content (AvgIpc) is 2.46. The summed E-state index contributed by atoms with van der Waals surface area (Å²) in [7, 11) is 0. The predicted molar refractivity (Wildman–Crippen MR) is 73.1 cm³/mol. The minimum Gasteiger partial charge on any atom is -0.321 e. The molecule has 2 aromatic carbocycles. The van der Waals surface area contributed by atoms with E-state index in [4.69, 9.17) is 5.26 Å². The zero-order valence-corrected chi connectivity index (χ0v) is 11.8. The molecule has 1 N–H and O–H groups in total. The number of amides is 1. The van der Waals surface area contributed by atoms with Crippen molar-refractivity contribution < 1.29 is 18.0 Å². The van der Waals surface area contributed by atoms with Crippen molar-refractivity contribution >= 4 is 27.5 Å². The van der Waals surface area contributed by atoms with Crippen LogP contribution in [0.2, 0.25) is 0 Å². The van der Waals surface area contributed by atoms with Gasteiger partial charge in [-0.25, -0.2) is 13.2 Å². The fourth-order valence-electron chi connectivity index (χ4n) is 1.58. The number of nitrogens with zero attached hydrogens (tertiary/aromatic N) is 1. The number of carbonyl (C=O) groups is 1. The van der Waals surface area contributed by atoms with Crippen LogP contribution in [-0.2, 0) is 0 Å². The van der Waals surface area contributed by atoms with E-state index in [0.717, 1.165) is 6.07 Å². The van der Waals surface area contributed by atoms with Crippen molar-refractivity contribution in [3.8, 4) is 6.07 Å². The molecule has 0 heterocycles.